The predicted octanol–water partition coefficient (Wildman–Crippen LogP) is 5.32. The molecule has 2 aliphatic heterocycles. The van der Waals surface area contributed by atoms with Crippen molar-refractivity contribution in [1.29, 1.82) is 0 Å². The molecule has 0 radical (unpaired) electrons. The van der Waals surface area contributed by atoms with Crippen LogP contribution in [-0.4, -0.2) is 48.8 Å². The van der Waals surface area contributed by atoms with Crippen LogP contribution in [0.5, 0.6) is 0 Å². The lowest BCUT2D eigenvalue weighted by molar-refractivity contribution is -0.166. The molecule has 0 amide bonds. The van der Waals surface area contributed by atoms with E-state index < -0.39 is 17.1 Å². The monoisotopic (exact) mass is 597 g/mol. The van der Waals surface area contributed by atoms with Gasteiger partial charge >= 0.3 is 0 Å². The van der Waals surface area contributed by atoms with Crippen LogP contribution in [0.2, 0.25) is 10.0 Å². The van der Waals surface area contributed by atoms with Crippen molar-refractivity contribution in [2.24, 2.45) is 7.05 Å². The maximum Gasteiger partial charge on any atom is 0.178 e. The number of fused-ring (bicyclic) bond motifs is 1. The third-order valence-corrected chi connectivity index (χ3v) is 8.35. The van der Waals surface area contributed by atoms with Crippen LogP contribution in [0.3, 0.4) is 0 Å². The highest BCUT2D eigenvalue weighted by Gasteiger charge is 2.52. The minimum Gasteiger partial charge on any atom is -0.379 e. The second kappa shape index (κ2) is 11.1. The normalized spacial score (nSPS) is 22.1. The number of ether oxygens (including phenoxy) is 2. The lowest BCUT2D eigenvalue weighted by atomic mass is 9.84. The molecule has 8 nitrogen and oxygen atoms in total. The highest BCUT2D eigenvalue weighted by atomic mass is 35.5. The topological polar surface area (TPSA) is 85.5 Å². The standard InChI is InChI=1S/C30H30Cl2FN5O3/c1-3-29(39,26-15-37(2)18-36-26)21-10-19-14-38(16-27-34-12-23(32)13-35-27)30(28(19)25(33)11-21,41-24-8-9-40-17-24)20-4-6-22(31)7-5-20/h4-7,10-13,15,18,24,39H,3,8-9,14,16-17H2,1-2H3/t24-,29?,30+/m0/s1. The van der Waals surface area contributed by atoms with Gasteiger partial charge in [-0.3, -0.25) is 4.90 Å². The molecule has 11 heteroatoms. The van der Waals surface area contributed by atoms with E-state index in [9.17, 15) is 5.11 Å². The Balaban J connectivity index is 1.54. The van der Waals surface area contributed by atoms with Crippen LogP contribution in [0.4, 0.5) is 4.39 Å². The summed E-state index contributed by atoms with van der Waals surface area (Å²) in [5.41, 5.74) is -0.159. The Morgan fingerprint density at radius 2 is 1.90 bits per heavy atom. The molecule has 6 rings (SSSR count). The number of imidazole rings is 1. The van der Waals surface area contributed by atoms with E-state index in [0.717, 1.165) is 0 Å². The van der Waals surface area contributed by atoms with E-state index in [0.29, 0.717) is 76.4 Å². The van der Waals surface area contributed by atoms with Crippen LogP contribution < -0.4 is 0 Å². The first-order valence-electron chi connectivity index (χ1n) is 13.5. The van der Waals surface area contributed by atoms with Gasteiger partial charge < -0.3 is 19.1 Å². The Hall–Kier alpha value is -2.92. The molecule has 2 aromatic heterocycles. The van der Waals surface area contributed by atoms with E-state index in [1.165, 1.54) is 18.5 Å². The van der Waals surface area contributed by atoms with E-state index in [2.05, 4.69) is 15.0 Å². The van der Waals surface area contributed by atoms with Crippen LogP contribution in [0, 0.1) is 5.82 Å². The van der Waals surface area contributed by atoms with Crippen molar-refractivity contribution in [2.75, 3.05) is 13.2 Å². The summed E-state index contributed by atoms with van der Waals surface area (Å²) >= 11 is 12.3. The van der Waals surface area contributed by atoms with Crippen molar-refractivity contribution in [3.05, 3.63) is 111 Å². The Kier molecular flexibility index (Phi) is 7.61. The average molecular weight is 599 g/mol. The van der Waals surface area contributed by atoms with Crippen molar-refractivity contribution in [1.82, 2.24) is 24.4 Å². The first kappa shape index (κ1) is 28.2. The maximum absolute atomic E-state index is 16.7. The fourth-order valence-electron chi connectivity index (χ4n) is 5.85. The van der Waals surface area contributed by atoms with Gasteiger partial charge in [0.2, 0.25) is 0 Å². The number of nitrogens with zero attached hydrogens (tertiary/aromatic N) is 5. The summed E-state index contributed by atoms with van der Waals surface area (Å²) in [5, 5.41) is 12.8. The zero-order chi connectivity index (χ0) is 28.8. The molecule has 1 N–H and O–H groups in total. The van der Waals surface area contributed by atoms with Crippen LogP contribution >= 0.6 is 23.2 Å². The maximum atomic E-state index is 16.7. The molecule has 214 valence electrons. The van der Waals surface area contributed by atoms with Gasteiger partial charge in [0.1, 0.15) is 17.2 Å². The number of aliphatic hydroxyl groups is 1. The Labute approximate surface area is 247 Å². The number of aromatic nitrogens is 4. The second-order valence-electron chi connectivity index (χ2n) is 10.6. The van der Waals surface area contributed by atoms with E-state index >= 15 is 4.39 Å². The van der Waals surface area contributed by atoms with Gasteiger partial charge in [-0.15, -0.1) is 0 Å². The highest BCUT2D eigenvalue weighted by Crippen LogP contribution is 2.50. The Morgan fingerprint density at radius 1 is 1.15 bits per heavy atom. The zero-order valence-corrected chi connectivity index (χ0v) is 24.2. The number of halogens is 3. The van der Waals surface area contributed by atoms with E-state index in [4.69, 9.17) is 32.7 Å². The van der Waals surface area contributed by atoms with Crippen LogP contribution in [-0.2, 0) is 40.9 Å². The van der Waals surface area contributed by atoms with Gasteiger partial charge in [-0.2, -0.15) is 0 Å². The van der Waals surface area contributed by atoms with E-state index in [1.54, 1.807) is 29.2 Å². The summed E-state index contributed by atoms with van der Waals surface area (Å²) in [6, 6.07) is 10.5. The molecule has 1 unspecified atom stereocenters. The molecule has 2 aliphatic rings. The number of rotatable bonds is 8. The van der Waals surface area contributed by atoms with Crippen molar-refractivity contribution in [2.45, 2.75) is 50.3 Å². The fraction of sp³-hybridized carbons (Fsp3) is 0.367. The molecule has 0 saturated carbocycles. The molecule has 4 aromatic rings. The summed E-state index contributed by atoms with van der Waals surface area (Å²) in [6.45, 7) is 3.36. The molecule has 0 aliphatic carbocycles. The summed E-state index contributed by atoms with van der Waals surface area (Å²) < 4.78 is 31.0. The van der Waals surface area contributed by atoms with Gasteiger partial charge in [0, 0.05) is 54.9 Å². The lowest BCUT2D eigenvalue weighted by Crippen LogP contribution is -2.47. The molecule has 1 saturated heterocycles. The fourth-order valence-corrected chi connectivity index (χ4v) is 6.07. The first-order chi connectivity index (χ1) is 19.7. The van der Waals surface area contributed by atoms with Crippen LogP contribution in [0.1, 0.15) is 53.5 Å². The third-order valence-electron chi connectivity index (χ3n) is 7.90. The van der Waals surface area contributed by atoms with Gasteiger partial charge in [-0.1, -0.05) is 48.3 Å². The van der Waals surface area contributed by atoms with Crippen molar-refractivity contribution >= 4 is 23.2 Å². The number of benzene rings is 2. The summed E-state index contributed by atoms with van der Waals surface area (Å²) in [6.07, 6.45) is 7.15. The van der Waals surface area contributed by atoms with Gasteiger partial charge in [0.15, 0.2) is 5.72 Å². The number of aryl methyl sites for hydroxylation is 1. The molecular formula is C30H30Cl2FN5O3. The van der Waals surface area contributed by atoms with Crippen molar-refractivity contribution in [3.8, 4) is 0 Å². The summed E-state index contributed by atoms with van der Waals surface area (Å²) in [4.78, 5) is 15.2. The van der Waals surface area contributed by atoms with Crippen LogP contribution in [0.15, 0.2) is 61.3 Å². The molecule has 4 heterocycles. The van der Waals surface area contributed by atoms with E-state index in [1.807, 2.05) is 37.1 Å². The molecular weight excluding hydrogens is 568 g/mol. The largest absolute Gasteiger partial charge is 0.379 e. The van der Waals surface area contributed by atoms with Gasteiger partial charge in [0.25, 0.3) is 0 Å². The molecule has 1 fully saturated rings. The predicted molar refractivity (Wildman–Crippen MR) is 152 cm³/mol. The third kappa shape index (κ3) is 5.05. The van der Waals surface area contributed by atoms with Crippen molar-refractivity contribution in [3.63, 3.8) is 0 Å². The minimum absolute atomic E-state index is 0.245. The second-order valence-corrected chi connectivity index (χ2v) is 11.4. The Morgan fingerprint density at radius 3 is 2.54 bits per heavy atom. The van der Waals surface area contributed by atoms with Gasteiger partial charge in [-0.05, 0) is 42.2 Å². The number of hydrogen-bond donors (Lipinski definition) is 1. The SMILES string of the molecule is CCC(O)(c1cc(F)c2c(c1)CN(Cc1ncc(Cl)cn1)[C@@]2(O[C@H]1CCOC1)c1ccc(Cl)cc1)c1cn(C)cn1. The van der Waals surface area contributed by atoms with Gasteiger partial charge in [-0.25, -0.2) is 19.3 Å². The average Bonchev–Trinajstić information content (AvgIpc) is 3.71. The molecule has 0 bridgehead atoms. The molecule has 2 aromatic carbocycles. The quantitative estimate of drug-likeness (QED) is 0.294. The molecule has 0 spiro atoms. The molecule has 3 atom stereocenters. The first-order valence-corrected chi connectivity index (χ1v) is 14.3. The summed E-state index contributed by atoms with van der Waals surface area (Å²) in [7, 11) is 1.83. The highest BCUT2D eigenvalue weighted by molar-refractivity contribution is 6.30. The van der Waals surface area contributed by atoms with Crippen molar-refractivity contribution < 1.29 is 19.0 Å². The van der Waals surface area contributed by atoms with E-state index in [-0.39, 0.29) is 12.6 Å². The number of hydrogen-bond acceptors (Lipinski definition) is 7. The lowest BCUT2D eigenvalue weighted by Gasteiger charge is -2.41. The smallest absolute Gasteiger partial charge is 0.178 e. The Bertz CT molecular complexity index is 1540. The van der Waals surface area contributed by atoms with Gasteiger partial charge in [0.05, 0.1) is 36.3 Å². The van der Waals surface area contributed by atoms with Crippen LogP contribution in [0.25, 0.3) is 0 Å². The summed E-state index contributed by atoms with van der Waals surface area (Å²) in [5.74, 6) is 0.0136. The zero-order valence-electron chi connectivity index (χ0n) is 22.7. The molecule has 41 heavy (non-hydrogen) atoms. The minimum atomic E-state index is -1.48.